The van der Waals surface area contributed by atoms with Gasteiger partial charge in [0.25, 0.3) is 0 Å². The van der Waals surface area contributed by atoms with Crippen LogP contribution in [0.25, 0.3) is 0 Å². The minimum absolute atomic E-state index is 0.183. The molecule has 0 saturated heterocycles. The lowest BCUT2D eigenvalue weighted by Gasteiger charge is -2.24. The smallest absolute Gasteiger partial charge is 0.242 e. The number of amides is 1. The van der Waals surface area contributed by atoms with Crippen LogP contribution in [0.5, 0.6) is 0 Å². The summed E-state index contributed by atoms with van der Waals surface area (Å²) in [5, 5.41) is 2.37. The van der Waals surface area contributed by atoms with Crippen molar-refractivity contribution in [1.29, 1.82) is 0 Å². The first-order chi connectivity index (χ1) is 12.0. The maximum Gasteiger partial charge on any atom is 0.242 e. The molecule has 0 radical (unpaired) electrons. The molecule has 0 heterocycles. The first-order valence-corrected chi connectivity index (χ1v) is 9.40. The van der Waals surface area contributed by atoms with Gasteiger partial charge in [-0.3, -0.25) is 4.79 Å². The number of thiocarbonyl (C=S) groups is 1. The third-order valence-electron chi connectivity index (χ3n) is 3.69. The zero-order valence-electron chi connectivity index (χ0n) is 14.2. The summed E-state index contributed by atoms with van der Waals surface area (Å²) >= 11 is 6.87. The summed E-state index contributed by atoms with van der Waals surface area (Å²) < 4.78 is 13.7. The predicted octanol–water partition coefficient (Wildman–Crippen LogP) is 4.87. The number of carbonyl (C=O) groups is 1. The standard InChI is InChI=1S/C19H21FN2OS2/c1-3-22(4-2)19(24)25-17(14-8-6-5-7-9-14)18(23)21-16-12-10-15(20)11-13-16/h5-13,17H,3-4H2,1-2H3,(H,21,23). The topological polar surface area (TPSA) is 32.3 Å². The fourth-order valence-electron chi connectivity index (χ4n) is 2.30. The Balaban J connectivity index is 2.20. The van der Waals surface area contributed by atoms with E-state index in [9.17, 15) is 9.18 Å². The molecule has 1 unspecified atom stereocenters. The van der Waals surface area contributed by atoms with Crippen molar-refractivity contribution in [3.05, 3.63) is 66.0 Å². The number of halogens is 1. The second-order valence-electron chi connectivity index (χ2n) is 5.34. The fraction of sp³-hybridized carbons (Fsp3) is 0.263. The minimum atomic E-state index is -0.473. The van der Waals surface area contributed by atoms with E-state index in [1.807, 2.05) is 49.1 Å². The van der Waals surface area contributed by atoms with Gasteiger partial charge >= 0.3 is 0 Å². The molecule has 1 amide bonds. The second kappa shape index (κ2) is 9.53. The highest BCUT2D eigenvalue weighted by Crippen LogP contribution is 2.32. The van der Waals surface area contributed by atoms with Crippen LogP contribution in [-0.4, -0.2) is 28.2 Å². The molecular weight excluding hydrogens is 355 g/mol. The quantitative estimate of drug-likeness (QED) is 0.730. The Hall–Kier alpha value is -1.92. The van der Waals surface area contributed by atoms with Crippen LogP contribution in [0.2, 0.25) is 0 Å². The summed E-state index contributed by atoms with van der Waals surface area (Å²) in [6, 6.07) is 15.3. The third-order valence-corrected chi connectivity index (χ3v) is 5.42. The molecule has 0 aromatic heterocycles. The molecule has 3 nitrogen and oxygen atoms in total. The number of carbonyl (C=O) groups excluding carboxylic acids is 1. The molecule has 0 aliphatic heterocycles. The van der Waals surface area contributed by atoms with Gasteiger partial charge in [0.05, 0.1) is 0 Å². The number of nitrogens with one attached hydrogen (secondary N) is 1. The molecule has 2 aromatic rings. The molecule has 1 N–H and O–H groups in total. The van der Waals surface area contributed by atoms with Crippen LogP contribution in [0, 0.1) is 5.82 Å². The highest BCUT2D eigenvalue weighted by atomic mass is 32.2. The highest BCUT2D eigenvalue weighted by molar-refractivity contribution is 8.23. The SMILES string of the molecule is CCN(CC)C(=S)SC(C(=O)Nc1ccc(F)cc1)c1ccccc1. The fourth-order valence-corrected chi connectivity index (χ4v) is 3.91. The van der Waals surface area contributed by atoms with Gasteiger partial charge in [-0.25, -0.2) is 4.39 Å². The largest absolute Gasteiger partial charge is 0.358 e. The van der Waals surface area contributed by atoms with Gasteiger partial charge in [-0.05, 0) is 43.7 Å². The van der Waals surface area contributed by atoms with Gasteiger partial charge in [0.1, 0.15) is 15.4 Å². The van der Waals surface area contributed by atoms with E-state index in [4.69, 9.17) is 12.2 Å². The number of benzene rings is 2. The number of thioether (sulfide) groups is 1. The molecule has 1 atom stereocenters. The summed E-state index contributed by atoms with van der Waals surface area (Å²) in [4.78, 5) is 14.9. The van der Waals surface area contributed by atoms with Gasteiger partial charge in [0.15, 0.2) is 0 Å². The van der Waals surface area contributed by atoms with E-state index < -0.39 is 5.25 Å². The lowest BCUT2D eigenvalue weighted by atomic mass is 10.1. The van der Waals surface area contributed by atoms with Gasteiger partial charge in [-0.15, -0.1) is 0 Å². The van der Waals surface area contributed by atoms with Crippen molar-refractivity contribution in [1.82, 2.24) is 4.90 Å². The molecule has 25 heavy (non-hydrogen) atoms. The zero-order chi connectivity index (χ0) is 18.2. The van der Waals surface area contributed by atoms with Gasteiger partial charge in [-0.1, -0.05) is 54.3 Å². The van der Waals surface area contributed by atoms with Crippen molar-refractivity contribution in [3.8, 4) is 0 Å². The number of rotatable bonds is 6. The Morgan fingerprint density at radius 1 is 1.12 bits per heavy atom. The molecule has 0 fully saturated rings. The minimum Gasteiger partial charge on any atom is -0.358 e. The maximum atomic E-state index is 13.0. The normalized spacial score (nSPS) is 11.6. The van der Waals surface area contributed by atoms with E-state index in [2.05, 4.69) is 5.32 Å². The van der Waals surface area contributed by atoms with Crippen LogP contribution >= 0.6 is 24.0 Å². The van der Waals surface area contributed by atoms with Crippen molar-refractivity contribution in [2.75, 3.05) is 18.4 Å². The third kappa shape index (κ3) is 5.54. The summed E-state index contributed by atoms with van der Waals surface area (Å²) in [6.07, 6.45) is 0. The summed E-state index contributed by atoms with van der Waals surface area (Å²) in [6.45, 7) is 5.66. The van der Waals surface area contributed by atoms with Gasteiger partial charge in [0.2, 0.25) is 5.91 Å². The van der Waals surface area contributed by atoms with Crippen molar-refractivity contribution < 1.29 is 9.18 Å². The van der Waals surface area contributed by atoms with E-state index in [1.165, 1.54) is 23.9 Å². The summed E-state index contributed by atoms with van der Waals surface area (Å²) in [7, 11) is 0. The number of nitrogens with zero attached hydrogens (tertiary/aromatic N) is 1. The lowest BCUT2D eigenvalue weighted by molar-refractivity contribution is -0.115. The molecule has 0 bridgehead atoms. The second-order valence-corrected chi connectivity index (χ2v) is 7.08. The molecule has 2 aromatic carbocycles. The Morgan fingerprint density at radius 2 is 1.72 bits per heavy atom. The van der Waals surface area contributed by atoms with Crippen LogP contribution in [0.3, 0.4) is 0 Å². The number of hydrogen-bond acceptors (Lipinski definition) is 3. The molecule has 2 rings (SSSR count). The van der Waals surface area contributed by atoms with Gasteiger partial charge in [-0.2, -0.15) is 0 Å². The molecule has 0 saturated carbocycles. The first kappa shape index (κ1) is 19.4. The highest BCUT2D eigenvalue weighted by Gasteiger charge is 2.24. The van der Waals surface area contributed by atoms with E-state index in [1.54, 1.807) is 12.1 Å². The molecule has 6 heteroatoms. The van der Waals surface area contributed by atoms with E-state index in [0.29, 0.717) is 10.0 Å². The average Bonchev–Trinajstić information content (AvgIpc) is 2.63. The monoisotopic (exact) mass is 376 g/mol. The summed E-state index contributed by atoms with van der Waals surface area (Å²) in [5.74, 6) is -0.521. The van der Waals surface area contributed by atoms with Crippen LogP contribution in [0.1, 0.15) is 24.7 Å². The van der Waals surface area contributed by atoms with Crippen molar-refractivity contribution in [3.63, 3.8) is 0 Å². The van der Waals surface area contributed by atoms with Crippen molar-refractivity contribution in [2.45, 2.75) is 19.1 Å². The van der Waals surface area contributed by atoms with Crippen LogP contribution in [0.4, 0.5) is 10.1 Å². The van der Waals surface area contributed by atoms with Crippen LogP contribution < -0.4 is 5.32 Å². The molecule has 0 aliphatic carbocycles. The first-order valence-electron chi connectivity index (χ1n) is 8.12. The lowest BCUT2D eigenvalue weighted by Crippen LogP contribution is -2.29. The summed E-state index contributed by atoms with van der Waals surface area (Å²) in [5.41, 5.74) is 1.43. The number of hydrogen-bond donors (Lipinski definition) is 1. The van der Waals surface area contributed by atoms with Crippen molar-refractivity contribution >= 4 is 39.9 Å². The number of anilines is 1. The van der Waals surface area contributed by atoms with Crippen LogP contribution in [0.15, 0.2) is 54.6 Å². The Bertz CT molecular complexity index is 703. The van der Waals surface area contributed by atoms with Crippen LogP contribution in [-0.2, 0) is 4.79 Å². The average molecular weight is 377 g/mol. The zero-order valence-corrected chi connectivity index (χ0v) is 15.9. The predicted molar refractivity (Wildman–Crippen MR) is 107 cm³/mol. The molecular formula is C19H21FN2OS2. The van der Waals surface area contributed by atoms with E-state index in [-0.39, 0.29) is 11.7 Å². The van der Waals surface area contributed by atoms with E-state index in [0.717, 1.165) is 18.7 Å². The van der Waals surface area contributed by atoms with Crippen molar-refractivity contribution in [2.24, 2.45) is 0 Å². The molecule has 132 valence electrons. The Labute approximate surface area is 157 Å². The van der Waals surface area contributed by atoms with Gasteiger partial charge in [0, 0.05) is 18.8 Å². The maximum absolute atomic E-state index is 13.0. The molecule has 0 aliphatic rings. The molecule has 0 spiro atoms. The van der Waals surface area contributed by atoms with Gasteiger partial charge < -0.3 is 10.2 Å². The Kier molecular flexibility index (Phi) is 7.40. The van der Waals surface area contributed by atoms with E-state index >= 15 is 0 Å². The Morgan fingerprint density at radius 3 is 2.28 bits per heavy atom.